The molecule has 0 atom stereocenters. The summed E-state index contributed by atoms with van der Waals surface area (Å²) in [5.74, 6) is -1.08. The zero-order chi connectivity index (χ0) is 19.0. The van der Waals surface area contributed by atoms with Crippen LogP contribution < -0.4 is 10.0 Å². The SMILES string of the molecule is CCNS(=O)(=O)c1ccc(C(=O)OCC(=O)NCCc2cccs2)cc1. The number of carbonyl (C=O) groups excluding carboxylic acids is 2. The molecule has 0 radical (unpaired) electrons. The first-order valence-corrected chi connectivity index (χ1v) is 10.3. The number of hydrogen-bond acceptors (Lipinski definition) is 6. The van der Waals surface area contributed by atoms with Crippen LogP contribution in [0, 0.1) is 0 Å². The lowest BCUT2D eigenvalue weighted by atomic mass is 10.2. The van der Waals surface area contributed by atoms with Gasteiger partial charge in [0.15, 0.2) is 6.61 Å². The minimum atomic E-state index is -3.57. The Bertz CT molecular complexity index is 831. The number of amides is 1. The molecule has 0 bridgehead atoms. The van der Waals surface area contributed by atoms with E-state index in [1.54, 1.807) is 18.3 Å². The second-order valence-electron chi connectivity index (χ2n) is 5.28. The number of esters is 1. The van der Waals surface area contributed by atoms with Gasteiger partial charge in [-0.25, -0.2) is 17.9 Å². The Hall–Kier alpha value is -2.23. The molecule has 0 saturated heterocycles. The quantitative estimate of drug-likeness (QED) is 0.627. The van der Waals surface area contributed by atoms with Crippen molar-refractivity contribution in [3.05, 3.63) is 52.2 Å². The van der Waals surface area contributed by atoms with Crippen LogP contribution in [0.5, 0.6) is 0 Å². The van der Waals surface area contributed by atoms with Gasteiger partial charge >= 0.3 is 5.97 Å². The highest BCUT2D eigenvalue weighted by Gasteiger charge is 2.15. The molecule has 1 amide bonds. The van der Waals surface area contributed by atoms with Gasteiger partial charge in [0.2, 0.25) is 10.0 Å². The van der Waals surface area contributed by atoms with Gasteiger partial charge in [-0.15, -0.1) is 11.3 Å². The van der Waals surface area contributed by atoms with E-state index in [2.05, 4.69) is 10.0 Å². The summed E-state index contributed by atoms with van der Waals surface area (Å²) >= 11 is 1.61. The normalized spacial score (nSPS) is 11.1. The van der Waals surface area contributed by atoms with Crippen LogP contribution >= 0.6 is 11.3 Å². The standard InChI is InChI=1S/C17H20N2O5S2/c1-2-19-26(22,23)15-7-5-13(6-8-15)17(21)24-12-16(20)18-10-9-14-4-3-11-25-14/h3-8,11,19H,2,9-10,12H2,1H3,(H,18,20). The molecule has 0 aliphatic carbocycles. The van der Waals surface area contributed by atoms with E-state index in [4.69, 9.17) is 4.74 Å². The average Bonchev–Trinajstić information content (AvgIpc) is 3.13. The first-order chi connectivity index (χ1) is 12.4. The van der Waals surface area contributed by atoms with E-state index < -0.39 is 16.0 Å². The van der Waals surface area contributed by atoms with Gasteiger partial charge in [-0.1, -0.05) is 13.0 Å². The van der Waals surface area contributed by atoms with E-state index >= 15 is 0 Å². The molecule has 0 spiro atoms. The highest BCUT2D eigenvalue weighted by molar-refractivity contribution is 7.89. The molecule has 2 N–H and O–H groups in total. The predicted molar refractivity (Wildman–Crippen MR) is 98.6 cm³/mol. The Labute approximate surface area is 156 Å². The summed E-state index contributed by atoms with van der Waals surface area (Å²) in [7, 11) is -3.57. The smallest absolute Gasteiger partial charge is 0.338 e. The fourth-order valence-electron chi connectivity index (χ4n) is 2.09. The summed E-state index contributed by atoms with van der Waals surface area (Å²) < 4.78 is 31.0. The van der Waals surface area contributed by atoms with E-state index in [9.17, 15) is 18.0 Å². The minimum Gasteiger partial charge on any atom is -0.452 e. The van der Waals surface area contributed by atoms with Crippen molar-refractivity contribution >= 4 is 33.2 Å². The maximum absolute atomic E-state index is 11.9. The number of thiophene rings is 1. The molecule has 0 unspecified atom stereocenters. The van der Waals surface area contributed by atoms with Crippen LogP contribution in [-0.4, -0.2) is 40.0 Å². The highest BCUT2D eigenvalue weighted by Crippen LogP contribution is 2.11. The zero-order valence-corrected chi connectivity index (χ0v) is 15.9. The van der Waals surface area contributed by atoms with Gasteiger partial charge in [0.25, 0.3) is 5.91 Å². The van der Waals surface area contributed by atoms with E-state index in [-0.39, 0.29) is 29.5 Å². The molecule has 0 aliphatic rings. The van der Waals surface area contributed by atoms with E-state index in [1.165, 1.54) is 24.3 Å². The molecule has 0 fully saturated rings. The van der Waals surface area contributed by atoms with Gasteiger partial charge in [-0.05, 0) is 42.1 Å². The van der Waals surface area contributed by atoms with E-state index in [0.29, 0.717) is 6.54 Å². The van der Waals surface area contributed by atoms with Gasteiger partial charge in [0.1, 0.15) is 0 Å². The van der Waals surface area contributed by atoms with Crippen LogP contribution in [0.3, 0.4) is 0 Å². The molecule has 0 saturated carbocycles. The van der Waals surface area contributed by atoms with Gasteiger partial charge < -0.3 is 10.1 Å². The maximum atomic E-state index is 11.9. The Morgan fingerprint density at radius 1 is 1.15 bits per heavy atom. The molecule has 2 aromatic rings. The van der Waals surface area contributed by atoms with Gasteiger partial charge in [0.05, 0.1) is 10.5 Å². The molecule has 9 heteroatoms. The molecule has 26 heavy (non-hydrogen) atoms. The highest BCUT2D eigenvalue weighted by atomic mass is 32.2. The van der Waals surface area contributed by atoms with Crippen LogP contribution in [0.2, 0.25) is 0 Å². The van der Waals surface area contributed by atoms with Crippen LogP contribution in [0.1, 0.15) is 22.2 Å². The number of nitrogens with one attached hydrogen (secondary N) is 2. The lowest BCUT2D eigenvalue weighted by molar-refractivity contribution is -0.124. The molecule has 140 valence electrons. The van der Waals surface area contributed by atoms with Crippen LogP contribution in [0.4, 0.5) is 0 Å². The number of carbonyl (C=O) groups is 2. The Balaban J connectivity index is 1.79. The fraction of sp³-hybridized carbons (Fsp3) is 0.294. The Morgan fingerprint density at radius 2 is 1.88 bits per heavy atom. The van der Waals surface area contributed by atoms with Crippen molar-refractivity contribution in [3.63, 3.8) is 0 Å². The first-order valence-electron chi connectivity index (χ1n) is 7.98. The Morgan fingerprint density at radius 3 is 2.50 bits per heavy atom. The van der Waals surface area contributed by atoms with E-state index in [0.717, 1.165) is 11.3 Å². The van der Waals surface area contributed by atoms with Crippen molar-refractivity contribution in [2.75, 3.05) is 19.7 Å². The third kappa shape index (κ3) is 5.94. The molecule has 1 aromatic carbocycles. The van der Waals surface area contributed by atoms with Crippen LogP contribution in [0.25, 0.3) is 0 Å². The molecule has 2 rings (SSSR count). The molecule has 1 aromatic heterocycles. The molecule has 0 aliphatic heterocycles. The van der Waals surface area contributed by atoms with Crippen molar-refractivity contribution in [3.8, 4) is 0 Å². The minimum absolute atomic E-state index is 0.0576. The summed E-state index contributed by atoms with van der Waals surface area (Å²) in [6.45, 7) is 2.02. The third-order valence-corrected chi connectivity index (χ3v) is 5.84. The zero-order valence-electron chi connectivity index (χ0n) is 14.2. The maximum Gasteiger partial charge on any atom is 0.338 e. The van der Waals surface area contributed by atoms with Crippen molar-refractivity contribution in [2.45, 2.75) is 18.2 Å². The largest absolute Gasteiger partial charge is 0.452 e. The topological polar surface area (TPSA) is 102 Å². The predicted octanol–water partition coefficient (Wildman–Crippen LogP) is 1.56. The monoisotopic (exact) mass is 396 g/mol. The van der Waals surface area contributed by atoms with Gasteiger partial charge in [0, 0.05) is 18.0 Å². The van der Waals surface area contributed by atoms with E-state index in [1.807, 2.05) is 17.5 Å². The summed E-state index contributed by atoms with van der Waals surface area (Å²) in [4.78, 5) is 24.8. The van der Waals surface area contributed by atoms with Gasteiger partial charge in [-0.3, -0.25) is 4.79 Å². The number of hydrogen-bond donors (Lipinski definition) is 2. The lowest BCUT2D eigenvalue weighted by Gasteiger charge is -2.07. The third-order valence-electron chi connectivity index (χ3n) is 3.34. The lowest BCUT2D eigenvalue weighted by Crippen LogP contribution is -2.30. The summed E-state index contributed by atoms with van der Waals surface area (Å²) in [5.41, 5.74) is 0.173. The van der Waals surface area contributed by atoms with Gasteiger partial charge in [-0.2, -0.15) is 0 Å². The van der Waals surface area contributed by atoms with Crippen molar-refractivity contribution in [1.29, 1.82) is 0 Å². The summed E-state index contributed by atoms with van der Waals surface area (Å²) in [5, 5.41) is 4.64. The molecule has 7 nitrogen and oxygen atoms in total. The average molecular weight is 396 g/mol. The van der Waals surface area contributed by atoms with Crippen molar-refractivity contribution in [2.24, 2.45) is 0 Å². The van der Waals surface area contributed by atoms with Crippen molar-refractivity contribution in [1.82, 2.24) is 10.0 Å². The fourth-order valence-corrected chi connectivity index (χ4v) is 3.84. The molecule has 1 heterocycles. The first kappa shape index (κ1) is 20.1. The summed E-state index contributed by atoms with van der Waals surface area (Å²) in [6, 6.07) is 9.25. The van der Waals surface area contributed by atoms with Crippen LogP contribution in [-0.2, 0) is 26.0 Å². The molecular weight excluding hydrogens is 376 g/mol. The number of benzene rings is 1. The van der Waals surface area contributed by atoms with Crippen LogP contribution in [0.15, 0.2) is 46.7 Å². The number of sulfonamides is 1. The second-order valence-corrected chi connectivity index (χ2v) is 8.08. The second kappa shape index (κ2) is 9.46. The summed E-state index contributed by atoms with van der Waals surface area (Å²) in [6.07, 6.45) is 0.721. The number of ether oxygens (including phenoxy) is 1. The Kier molecular flexibility index (Phi) is 7.31. The number of rotatable bonds is 9. The van der Waals surface area contributed by atoms with Crippen molar-refractivity contribution < 1.29 is 22.7 Å². The molecular formula is C17H20N2O5S2.